The molecule has 0 fully saturated rings. The fourth-order valence-corrected chi connectivity index (χ4v) is 1.32. The first kappa shape index (κ1) is 35.7. The molecule has 0 heterocycles. The van der Waals surface area contributed by atoms with E-state index in [1.807, 2.05) is 0 Å². The third-order valence-electron chi connectivity index (χ3n) is 2.72. The topological polar surface area (TPSA) is 178 Å². The monoisotopic (exact) mass is 516 g/mol. The van der Waals surface area contributed by atoms with Crippen LogP contribution in [0.15, 0.2) is 60.7 Å². The molecule has 0 aliphatic carbocycles. The summed E-state index contributed by atoms with van der Waals surface area (Å²) < 4.78 is 0. The third-order valence-corrected chi connectivity index (χ3v) is 2.72. The maximum atomic E-state index is 10.1. The molecular formula is C20H26Cu2N2O6. The van der Waals surface area contributed by atoms with Gasteiger partial charge in [0.2, 0.25) is 0 Å². The Morgan fingerprint density at radius 2 is 0.900 bits per heavy atom. The predicted molar refractivity (Wildman–Crippen MR) is 98.6 cm³/mol. The summed E-state index contributed by atoms with van der Waals surface area (Å²) in [6.45, 7) is 1.00. The molecule has 0 aromatic heterocycles. The van der Waals surface area contributed by atoms with Crippen LogP contribution in [-0.4, -0.2) is 38.2 Å². The number of carboxylic acids is 2. The van der Waals surface area contributed by atoms with Crippen molar-refractivity contribution in [2.24, 2.45) is 11.5 Å². The van der Waals surface area contributed by atoms with Gasteiger partial charge in [0, 0.05) is 0 Å². The Labute approximate surface area is 198 Å². The van der Waals surface area contributed by atoms with E-state index in [1.54, 1.807) is 36.4 Å². The molecule has 0 aliphatic rings. The van der Waals surface area contributed by atoms with Gasteiger partial charge in [-0.3, -0.25) is 0 Å². The fraction of sp³-hybridized carbons (Fsp3) is 0.300. The third kappa shape index (κ3) is 24.3. The Bertz CT molecular complexity index is 560. The number of aromatic carboxylic acids is 2. The smallest absolute Gasteiger partial charge is 0.854 e. The zero-order valence-electron chi connectivity index (χ0n) is 16.2. The number of hydrogen-bond acceptors (Lipinski definition) is 8. The van der Waals surface area contributed by atoms with E-state index >= 15 is 0 Å². The molecule has 0 bridgehead atoms. The zero-order chi connectivity index (χ0) is 21.6. The van der Waals surface area contributed by atoms with Gasteiger partial charge in [0.1, 0.15) is 0 Å². The predicted octanol–water partition coefficient (Wildman–Crippen LogP) is -2.51. The van der Waals surface area contributed by atoms with Crippen molar-refractivity contribution in [2.45, 2.75) is 12.8 Å². The van der Waals surface area contributed by atoms with E-state index in [-0.39, 0.29) is 58.5 Å². The van der Waals surface area contributed by atoms with Crippen molar-refractivity contribution in [1.82, 2.24) is 0 Å². The van der Waals surface area contributed by atoms with Gasteiger partial charge in [0.05, 0.1) is 11.9 Å². The molecule has 2 radical (unpaired) electrons. The Kier molecular flexibility index (Phi) is 32.4. The Morgan fingerprint density at radius 1 is 0.633 bits per heavy atom. The maximum absolute atomic E-state index is 10.1. The molecule has 0 unspecified atom stereocenters. The van der Waals surface area contributed by atoms with E-state index in [1.165, 1.54) is 24.3 Å². The molecule has 2 rings (SSSR count). The molecule has 8 nitrogen and oxygen atoms in total. The SMILES string of the molecule is NCCC[O-].NCCC[O-].O=C([O-])c1ccccc1.O=C([O-])c1ccccc1.[Cu+2].[Cu+2]. The largest absolute Gasteiger partial charge is 2.00 e. The number of carbonyl (C=O) groups excluding carboxylic acids is 2. The molecule has 174 valence electrons. The molecule has 0 aliphatic heterocycles. The molecule has 0 amide bonds. The average Bonchev–Trinajstić information content (AvgIpc) is 2.72. The van der Waals surface area contributed by atoms with E-state index in [9.17, 15) is 30.0 Å². The average molecular weight is 518 g/mol. The van der Waals surface area contributed by atoms with Crippen molar-refractivity contribution < 1.29 is 64.2 Å². The van der Waals surface area contributed by atoms with E-state index in [4.69, 9.17) is 11.5 Å². The molecular weight excluding hydrogens is 491 g/mol. The minimum atomic E-state index is -1.13. The summed E-state index contributed by atoms with van der Waals surface area (Å²) in [5.41, 5.74) is 10.3. The Hall–Kier alpha value is -1.74. The van der Waals surface area contributed by atoms with Crippen molar-refractivity contribution in [2.75, 3.05) is 26.3 Å². The standard InChI is InChI=1S/2C7H6O2.2C3H8NO.2Cu/c2*8-7(9)6-4-2-1-3-5-6;2*4-2-1-3-5;;/h2*1-5H,(H,8,9);2*1-4H2;;/q;;2*-1;2*+2/p-2. The summed E-state index contributed by atoms with van der Waals surface area (Å²) in [5.74, 6) is -2.26. The first-order valence-corrected chi connectivity index (χ1v) is 8.53. The fourth-order valence-electron chi connectivity index (χ4n) is 1.32. The van der Waals surface area contributed by atoms with Crippen LogP contribution in [0.4, 0.5) is 0 Å². The van der Waals surface area contributed by atoms with E-state index in [2.05, 4.69) is 0 Å². The van der Waals surface area contributed by atoms with Gasteiger partial charge in [-0.05, 0) is 24.2 Å². The van der Waals surface area contributed by atoms with Gasteiger partial charge in [-0.15, -0.1) is 13.2 Å². The first-order valence-electron chi connectivity index (χ1n) is 8.53. The molecule has 2 aromatic carbocycles. The van der Waals surface area contributed by atoms with Crippen LogP contribution >= 0.6 is 0 Å². The summed E-state index contributed by atoms with van der Waals surface area (Å²) in [7, 11) is 0. The van der Waals surface area contributed by atoms with Gasteiger partial charge in [-0.25, -0.2) is 0 Å². The summed E-state index contributed by atoms with van der Waals surface area (Å²) in [4.78, 5) is 20.2. The Balaban J connectivity index is -0.000000153. The number of hydrogen-bond donors (Lipinski definition) is 2. The summed E-state index contributed by atoms with van der Waals surface area (Å²) in [6, 6.07) is 16.1. The van der Waals surface area contributed by atoms with Crippen LogP contribution in [0.1, 0.15) is 33.6 Å². The molecule has 4 N–H and O–H groups in total. The van der Waals surface area contributed by atoms with E-state index in [0.717, 1.165) is 0 Å². The van der Waals surface area contributed by atoms with E-state index < -0.39 is 11.9 Å². The summed E-state index contributed by atoms with van der Waals surface area (Å²) in [5, 5.41) is 39.1. The molecule has 0 saturated heterocycles. The van der Waals surface area contributed by atoms with Crippen molar-refractivity contribution in [3.05, 3.63) is 71.8 Å². The van der Waals surface area contributed by atoms with Crippen LogP contribution in [0.5, 0.6) is 0 Å². The zero-order valence-corrected chi connectivity index (χ0v) is 18.1. The van der Waals surface area contributed by atoms with Crippen LogP contribution in [0.3, 0.4) is 0 Å². The van der Waals surface area contributed by atoms with E-state index in [0.29, 0.717) is 25.9 Å². The van der Waals surface area contributed by atoms with Gasteiger partial charge in [0.25, 0.3) is 0 Å². The van der Waals surface area contributed by atoms with Crippen molar-refractivity contribution >= 4 is 11.9 Å². The summed E-state index contributed by atoms with van der Waals surface area (Å²) in [6.07, 6.45) is 1.22. The van der Waals surface area contributed by atoms with Gasteiger partial charge in [-0.2, -0.15) is 0 Å². The number of rotatable bonds is 6. The van der Waals surface area contributed by atoms with Gasteiger partial charge >= 0.3 is 34.1 Å². The van der Waals surface area contributed by atoms with Gasteiger partial charge in [0.15, 0.2) is 0 Å². The second kappa shape index (κ2) is 27.3. The first-order chi connectivity index (χ1) is 13.4. The summed E-state index contributed by atoms with van der Waals surface area (Å²) >= 11 is 0. The van der Waals surface area contributed by atoms with Crippen molar-refractivity contribution in [1.29, 1.82) is 0 Å². The Morgan fingerprint density at radius 3 is 1.00 bits per heavy atom. The minimum absolute atomic E-state index is 0. The molecule has 0 spiro atoms. The van der Waals surface area contributed by atoms with Crippen molar-refractivity contribution in [3.8, 4) is 0 Å². The van der Waals surface area contributed by atoms with Crippen LogP contribution < -0.4 is 31.9 Å². The molecule has 10 heteroatoms. The van der Waals surface area contributed by atoms with Crippen molar-refractivity contribution in [3.63, 3.8) is 0 Å². The van der Waals surface area contributed by atoms with Crippen LogP contribution in [-0.2, 0) is 34.1 Å². The minimum Gasteiger partial charge on any atom is -0.854 e. The number of benzene rings is 2. The second-order valence-corrected chi connectivity index (χ2v) is 5.00. The maximum Gasteiger partial charge on any atom is 2.00 e. The van der Waals surface area contributed by atoms with Crippen LogP contribution in [0.25, 0.3) is 0 Å². The van der Waals surface area contributed by atoms with Gasteiger partial charge in [-0.1, -0.05) is 73.5 Å². The molecule has 2 aromatic rings. The molecule has 30 heavy (non-hydrogen) atoms. The normalized spacial score (nSPS) is 8.13. The second-order valence-electron chi connectivity index (χ2n) is 5.00. The van der Waals surface area contributed by atoms with Crippen LogP contribution in [0, 0.1) is 0 Å². The van der Waals surface area contributed by atoms with Gasteiger partial charge < -0.3 is 41.5 Å². The number of carboxylic acid groups (broad SMARTS) is 2. The number of carbonyl (C=O) groups is 2. The van der Waals surface area contributed by atoms with Crippen LogP contribution in [0.2, 0.25) is 0 Å². The molecule has 0 atom stereocenters. The quantitative estimate of drug-likeness (QED) is 0.394. The molecule has 0 saturated carbocycles. The number of nitrogens with two attached hydrogens (primary N) is 2.